The summed E-state index contributed by atoms with van der Waals surface area (Å²) in [6.07, 6.45) is 3.25. The van der Waals surface area contributed by atoms with Gasteiger partial charge in [0.25, 0.3) is 0 Å². The van der Waals surface area contributed by atoms with Crippen molar-refractivity contribution in [1.82, 2.24) is 10.3 Å². The predicted octanol–water partition coefficient (Wildman–Crippen LogP) is 10.2. The number of nitrogens with one attached hydrogen (secondary N) is 1. The van der Waals surface area contributed by atoms with E-state index in [0.29, 0.717) is 11.7 Å². The van der Waals surface area contributed by atoms with Crippen molar-refractivity contribution in [2.24, 2.45) is 9.98 Å². The van der Waals surface area contributed by atoms with Gasteiger partial charge in [-0.15, -0.1) is 0 Å². The molecule has 226 valence electrons. The van der Waals surface area contributed by atoms with Gasteiger partial charge in [-0.1, -0.05) is 103 Å². The lowest BCUT2D eigenvalue weighted by Crippen LogP contribution is -2.33. The Labute approximate surface area is 274 Å². The number of furan rings is 2. The molecule has 48 heavy (non-hydrogen) atoms. The first kappa shape index (κ1) is 26.7. The van der Waals surface area contributed by atoms with Gasteiger partial charge in [-0.25, -0.2) is 9.98 Å². The Morgan fingerprint density at radius 3 is 2.31 bits per heavy atom. The fourth-order valence-electron chi connectivity index (χ4n) is 6.92. The second kappa shape index (κ2) is 10.5. The quantitative estimate of drug-likeness (QED) is 0.213. The summed E-state index contributed by atoms with van der Waals surface area (Å²) < 4.78 is 13.0. The molecule has 10 rings (SSSR count). The summed E-state index contributed by atoms with van der Waals surface area (Å²) in [5.74, 6) is 1.36. The summed E-state index contributed by atoms with van der Waals surface area (Å²) in [6, 6.07) is 45.7. The second-order valence-electron chi connectivity index (χ2n) is 12.1. The van der Waals surface area contributed by atoms with E-state index in [1.807, 2.05) is 60.8 Å². The summed E-state index contributed by atoms with van der Waals surface area (Å²) in [6.45, 7) is 0. The van der Waals surface area contributed by atoms with Gasteiger partial charge >= 0.3 is 0 Å². The molecule has 9 aromatic rings. The largest absolute Gasteiger partial charge is 0.456 e. The van der Waals surface area contributed by atoms with Crippen LogP contribution in [0.15, 0.2) is 165 Å². The molecule has 0 fully saturated rings. The van der Waals surface area contributed by atoms with Crippen LogP contribution in [0.3, 0.4) is 0 Å². The lowest BCUT2D eigenvalue weighted by Gasteiger charge is -2.24. The number of hydrogen-bond donors (Lipinski definition) is 1. The number of nitrogens with zero attached hydrogens (tertiary/aromatic N) is 3. The van der Waals surface area contributed by atoms with Gasteiger partial charge in [0.15, 0.2) is 5.84 Å². The molecule has 0 saturated carbocycles. The van der Waals surface area contributed by atoms with Crippen LogP contribution in [0.5, 0.6) is 0 Å². The highest BCUT2D eigenvalue weighted by Gasteiger charge is 2.25. The summed E-state index contributed by atoms with van der Waals surface area (Å²) in [4.78, 5) is 14.8. The lowest BCUT2D eigenvalue weighted by atomic mass is 9.96. The minimum atomic E-state index is -0.369. The van der Waals surface area contributed by atoms with Crippen molar-refractivity contribution in [2.45, 2.75) is 6.17 Å². The van der Waals surface area contributed by atoms with Gasteiger partial charge in [0.1, 0.15) is 34.3 Å². The lowest BCUT2D eigenvalue weighted by molar-refractivity contribution is 0.667. The maximum atomic E-state index is 6.50. The first-order valence-electron chi connectivity index (χ1n) is 16.0. The van der Waals surface area contributed by atoms with Crippen LogP contribution in [0.4, 0.5) is 0 Å². The van der Waals surface area contributed by atoms with Gasteiger partial charge in [0.2, 0.25) is 0 Å². The van der Waals surface area contributed by atoms with Gasteiger partial charge in [0.05, 0.1) is 0 Å². The van der Waals surface area contributed by atoms with E-state index in [9.17, 15) is 0 Å². The third-order valence-corrected chi connectivity index (χ3v) is 9.21. The van der Waals surface area contributed by atoms with Crippen LogP contribution in [0, 0.1) is 0 Å². The number of aromatic nitrogens is 1. The molecule has 4 heterocycles. The minimum absolute atomic E-state index is 0.369. The topological polar surface area (TPSA) is 75.9 Å². The number of hydrogen-bond acceptors (Lipinski definition) is 6. The van der Waals surface area contributed by atoms with Gasteiger partial charge in [-0.2, -0.15) is 0 Å². The normalized spacial score (nSPS) is 14.9. The highest BCUT2D eigenvalue weighted by atomic mass is 16.3. The summed E-state index contributed by atoms with van der Waals surface area (Å²) in [5, 5.41) is 10.1. The van der Waals surface area contributed by atoms with E-state index < -0.39 is 0 Å². The first-order chi connectivity index (χ1) is 23.8. The van der Waals surface area contributed by atoms with Gasteiger partial charge in [-0.05, 0) is 52.2 Å². The zero-order chi connectivity index (χ0) is 31.6. The molecule has 1 aliphatic rings. The standard InChI is InChI=1S/C42H26N4O2/c1-2-10-26(11-3-1)40-44-41(28-18-17-25-9-4-5-12-27(25)21-28)46-42(45-40)33-22-29(23-37-38(33)34-24-43-20-19-36(34)47-37)30-14-8-15-32-31-13-6-7-16-35(31)48-39(30)32/h1-24,41H,(H,44,45,46). The molecule has 0 bridgehead atoms. The molecule has 0 amide bonds. The molecule has 1 N–H and O–H groups in total. The van der Waals surface area contributed by atoms with E-state index in [1.165, 1.54) is 5.39 Å². The Hall–Kier alpha value is -6.53. The number of pyridine rings is 1. The van der Waals surface area contributed by atoms with Crippen molar-refractivity contribution in [3.63, 3.8) is 0 Å². The van der Waals surface area contributed by atoms with Crippen LogP contribution < -0.4 is 5.32 Å². The Balaban J connectivity index is 1.22. The van der Waals surface area contributed by atoms with Crippen molar-refractivity contribution in [3.8, 4) is 11.1 Å². The fraction of sp³-hybridized carbons (Fsp3) is 0.0238. The Morgan fingerprint density at radius 1 is 0.562 bits per heavy atom. The molecule has 6 aromatic carbocycles. The molecule has 0 aliphatic carbocycles. The smallest absolute Gasteiger partial charge is 0.159 e. The molecule has 6 heteroatoms. The van der Waals surface area contributed by atoms with E-state index in [4.69, 9.17) is 18.8 Å². The number of amidine groups is 2. The highest BCUT2D eigenvalue weighted by Crippen LogP contribution is 2.40. The molecule has 1 atom stereocenters. The summed E-state index contributed by atoms with van der Waals surface area (Å²) >= 11 is 0. The molecule has 0 saturated heterocycles. The molecular weight excluding hydrogens is 592 g/mol. The number of benzene rings is 6. The monoisotopic (exact) mass is 618 g/mol. The minimum Gasteiger partial charge on any atom is -0.456 e. The van der Waals surface area contributed by atoms with Crippen LogP contribution in [-0.4, -0.2) is 16.7 Å². The van der Waals surface area contributed by atoms with Crippen LogP contribution in [0.1, 0.15) is 22.9 Å². The van der Waals surface area contributed by atoms with Crippen LogP contribution in [0.25, 0.3) is 65.8 Å². The van der Waals surface area contributed by atoms with Crippen LogP contribution >= 0.6 is 0 Å². The molecule has 0 spiro atoms. The maximum absolute atomic E-state index is 6.50. The molecular formula is C42H26N4O2. The molecule has 1 unspecified atom stereocenters. The van der Waals surface area contributed by atoms with Crippen LogP contribution in [0.2, 0.25) is 0 Å². The van der Waals surface area contributed by atoms with E-state index in [0.717, 1.165) is 77.1 Å². The number of para-hydroxylation sites is 2. The fourth-order valence-corrected chi connectivity index (χ4v) is 6.92. The summed E-state index contributed by atoms with van der Waals surface area (Å²) in [5.41, 5.74) is 8.03. The molecule has 6 nitrogen and oxygen atoms in total. The Kier molecular flexibility index (Phi) is 5.84. The average Bonchev–Trinajstić information content (AvgIpc) is 3.73. The first-order valence-corrected chi connectivity index (χ1v) is 16.0. The average molecular weight is 619 g/mol. The molecule has 3 aromatic heterocycles. The van der Waals surface area contributed by atoms with Crippen molar-refractivity contribution in [3.05, 3.63) is 163 Å². The van der Waals surface area contributed by atoms with Crippen molar-refractivity contribution in [2.75, 3.05) is 0 Å². The van der Waals surface area contributed by atoms with Crippen molar-refractivity contribution >= 4 is 66.3 Å². The van der Waals surface area contributed by atoms with E-state index in [-0.39, 0.29) is 6.17 Å². The number of aliphatic imine (C=N–C) groups is 2. The Bertz CT molecular complexity index is 2770. The zero-order valence-electron chi connectivity index (χ0n) is 25.6. The third-order valence-electron chi connectivity index (χ3n) is 9.21. The number of rotatable bonds is 4. The summed E-state index contributed by atoms with van der Waals surface area (Å²) in [7, 11) is 0. The van der Waals surface area contributed by atoms with E-state index in [1.54, 1.807) is 6.20 Å². The number of fused-ring (bicyclic) bond motifs is 7. The molecule has 0 radical (unpaired) electrons. The maximum Gasteiger partial charge on any atom is 0.159 e. The van der Waals surface area contributed by atoms with Crippen molar-refractivity contribution in [1.29, 1.82) is 0 Å². The van der Waals surface area contributed by atoms with E-state index in [2.05, 4.69) is 89.2 Å². The Morgan fingerprint density at radius 2 is 1.38 bits per heavy atom. The zero-order valence-corrected chi connectivity index (χ0v) is 25.6. The highest BCUT2D eigenvalue weighted by molar-refractivity contribution is 6.23. The van der Waals surface area contributed by atoms with Gasteiger partial charge in [-0.3, -0.25) is 4.98 Å². The van der Waals surface area contributed by atoms with Gasteiger partial charge in [0, 0.05) is 50.6 Å². The van der Waals surface area contributed by atoms with Gasteiger partial charge < -0.3 is 14.2 Å². The second-order valence-corrected chi connectivity index (χ2v) is 12.1. The predicted molar refractivity (Wildman–Crippen MR) is 194 cm³/mol. The molecule has 1 aliphatic heterocycles. The van der Waals surface area contributed by atoms with E-state index >= 15 is 0 Å². The van der Waals surface area contributed by atoms with Crippen LogP contribution in [-0.2, 0) is 0 Å². The third kappa shape index (κ3) is 4.23. The SMILES string of the molecule is c1ccc(C2=NC(c3ccc4ccccc4c3)NC(c3cc(-c4cccc5c4oc4ccccc45)cc4oc5ccncc5c34)=N2)cc1. The van der Waals surface area contributed by atoms with Crippen molar-refractivity contribution < 1.29 is 8.83 Å².